The Balaban J connectivity index is 1.21. The van der Waals surface area contributed by atoms with E-state index >= 15 is 0 Å². The number of carbonyl (C=O) groups is 1. The minimum absolute atomic E-state index is 0.132. The normalized spacial score (nSPS) is 19.7. The summed E-state index contributed by atoms with van der Waals surface area (Å²) in [5.41, 5.74) is 3.98. The summed E-state index contributed by atoms with van der Waals surface area (Å²) < 4.78 is 6.88. The topological polar surface area (TPSA) is 87.9 Å². The van der Waals surface area contributed by atoms with Gasteiger partial charge in [-0.3, -0.25) is 14.1 Å². The number of imidazole rings is 1. The van der Waals surface area contributed by atoms with E-state index in [4.69, 9.17) is 9.72 Å². The van der Waals surface area contributed by atoms with Crippen LogP contribution in [0.25, 0.3) is 16.9 Å². The first-order chi connectivity index (χ1) is 18.6. The first kappa shape index (κ1) is 24.4. The molecule has 4 aromatic rings. The van der Waals surface area contributed by atoms with Crippen LogP contribution in [-0.4, -0.2) is 69.0 Å². The number of hydrogen-bond acceptors (Lipinski definition) is 8. The van der Waals surface area contributed by atoms with Crippen LogP contribution in [0.1, 0.15) is 37.8 Å². The SMILES string of the molecule is COC(=O)CCCN1CC2CC1CN2c1nc(-c2ccnc(N[C@@H](C)c3ccccc3)c2)cc2nccn12. The van der Waals surface area contributed by atoms with Gasteiger partial charge in [-0.25, -0.2) is 15.0 Å². The number of anilines is 2. The van der Waals surface area contributed by atoms with Gasteiger partial charge in [0.2, 0.25) is 5.95 Å². The highest BCUT2D eigenvalue weighted by Crippen LogP contribution is 2.35. The fourth-order valence-electron chi connectivity index (χ4n) is 5.77. The summed E-state index contributed by atoms with van der Waals surface area (Å²) >= 11 is 0. The number of aromatic nitrogens is 4. The molecule has 0 amide bonds. The zero-order chi connectivity index (χ0) is 26.1. The van der Waals surface area contributed by atoms with E-state index in [1.807, 2.05) is 36.8 Å². The lowest BCUT2D eigenvalue weighted by molar-refractivity contribution is -0.140. The molecule has 0 aliphatic carbocycles. The number of nitrogens with zero attached hydrogens (tertiary/aromatic N) is 6. The minimum atomic E-state index is -0.136. The first-order valence-electron chi connectivity index (χ1n) is 13.3. The molecule has 2 saturated heterocycles. The van der Waals surface area contributed by atoms with E-state index in [1.165, 1.54) is 12.7 Å². The summed E-state index contributed by atoms with van der Waals surface area (Å²) in [6.45, 7) is 4.96. The quantitative estimate of drug-likeness (QED) is 0.335. The average molecular weight is 512 g/mol. The number of carbonyl (C=O) groups excluding carboxylic acids is 1. The second kappa shape index (κ2) is 10.4. The highest BCUT2D eigenvalue weighted by atomic mass is 16.5. The Bertz CT molecular complexity index is 1420. The Morgan fingerprint density at radius 1 is 1.11 bits per heavy atom. The predicted molar refractivity (Wildman–Crippen MR) is 147 cm³/mol. The van der Waals surface area contributed by atoms with E-state index in [-0.39, 0.29) is 12.0 Å². The summed E-state index contributed by atoms with van der Waals surface area (Å²) in [6.07, 6.45) is 8.07. The number of nitrogens with one attached hydrogen (secondary N) is 1. The molecule has 3 aromatic heterocycles. The number of piperazine rings is 1. The zero-order valence-corrected chi connectivity index (χ0v) is 21.8. The summed E-state index contributed by atoms with van der Waals surface area (Å²) in [6, 6.07) is 17.5. The van der Waals surface area contributed by atoms with Gasteiger partial charge in [-0.05, 0) is 44.0 Å². The van der Waals surface area contributed by atoms with Crippen LogP contribution >= 0.6 is 0 Å². The molecule has 2 fully saturated rings. The van der Waals surface area contributed by atoms with Crippen LogP contribution < -0.4 is 10.2 Å². The maximum atomic E-state index is 11.5. The van der Waals surface area contributed by atoms with Crippen molar-refractivity contribution in [3.63, 3.8) is 0 Å². The molecule has 0 saturated carbocycles. The Kier molecular flexibility index (Phi) is 6.68. The molecule has 0 radical (unpaired) electrons. The molecule has 0 spiro atoms. The van der Waals surface area contributed by atoms with Crippen molar-refractivity contribution in [1.82, 2.24) is 24.3 Å². The molecular weight excluding hydrogens is 478 g/mol. The second-order valence-corrected chi connectivity index (χ2v) is 10.2. The molecular formula is C29H33N7O2. The smallest absolute Gasteiger partial charge is 0.305 e. The van der Waals surface area contributed by atoms with Crippen molar-refractivity contribution in [3.8, 4) is 11.3 Å². The Labute approximate surface area is 222 Å². The van der Waals surface area contributed by atoms with Gasteiger partial charge in [0, 0.05) is 67.9 Å². The fraction of sp³-hybridized carbons (Fsp3) is 0.379. The maximum Gasteiger partial charge on any atom is 0.305 e. The van der Waals surface area contributed by atoms with Gasteiger partial charge in [-0.15, -0.1) is 0 Å². The van der Waals surface area contributed by atoms with Gasteiger partial charge in [0.25, 0.3) is 0 Å². The van der Waals surface area contributed by atoms with E-state index in [0.29, 0.717) is 18.5 Å². The van der Waals surface area contributed by atoms with Gasteiger partial charge in [0.05, 0.1) is 12.8 Å². The maximum absolute atomic E-state index is 11.5. The fourth-order valence-corrected chi connectivity index (χ4v) is 5.77. The standard InChI is InChI=1S/C29H33N7O2/c1-20(21-7-4-3-5-8-21)32-26-15-22(10-11-30-26)25-17-27-31-12-14-35(27)29(33-25)36-19-23-16-24(36)18-34(23)13-6-9-28(37)38-2/h3-5,7-8,10-12,14-15,17,20,23-24H,6,9,13,16,18-19H2,1-2H3,(H,30,32)/t20-,23?,24?/m0/s1. The lowest BCUT2D eigenvalue weighted by atomic mass is 10.1. The molecule has 2 aliphatic heterocycles. The highest BCUT2D eigenvalue weighted by Gasteiger charge is 2.44. The zero-order valence-electron chi connectivity index (χ0n) is 21.8. The van der Waals surface area contributed by atoms with E-state index in [2.05, 4.69) is 66.7 Å². The molecule has 3 atom stereocenters. The van der Waals surface area contributed by atoms with Gasteiger partial charge in [-0.1, -0.05) is 30.3 Å². The third kappa shape index (κ3) is 4.81. The summed E-state index contributed by atoms with van der Waals surface area (Å²) in [5.74, 6) is 1.61. The molecule has 1 N–H and O–H groups in total. The van der Waals surface area contributed by atoms with E-state index in [1.54, 1.807) is 0 Å². The lowest BCUT2D eigenvalue weighted by Crippen LogP contribution is -2.47. The van der Waals surface area contributed by atoms with Crippen LogP contribution in [0.2, 0.25) is 0 Å². The number of esters is 1. The molecule has 2 unspecified atom stereocenters. The van der Waals surface area contributed by atoms with Crippen LogP contribution in [-0.2, 0) is 9.53 Å². The van der Waals surface area contributed by atoms with E-state index < -0.39 is 0 Å². The van der Waals surface area contributed by atoms with Crippen LogP contribution in [0.3, 0.4) is 0 Å². The van der Waals surface area contributed by atoms with Crippen molar-refractivity contribution < 1.29 is 9.53 Å². The third-order valence-electron chi connectivity index (χ3n) is 7.76. The van der Waals surface area contributed by atoms with Crippen molar-refractivity contribution in [2.24, 2.45) is 0 Å². The average Bonchev–Trinajstić information content (AvgIpc) is 3.69. The van der Waals surface area contributed by atoms with Gasteiger partial charge < -0.3 is 15.0 Å². The third-order valence-corrected chi connectivity index (χ3v) is 7.76. The van der Waals surface area contributed by atoms with Gasteiger partial charge in [0.15, 0.2) is 0 Å². The second-order valence-electron chi connectivity index (χ2n) is 10.2. The number of likely N-dealkylation sites (tertiary alicyclic amines) is 1. The number of pyridine rings is 1. The summed E-state index contributed by atoms with van der Waals surface area (Å²) in [5, 5.41) is 3.52. The molecule has 2 bridgehead atoms. The van der Waals surface area contributed by atoms with E-state index in [9.17, 15) is 4.79 Å². The van der Waals surface area contributed by atoms with Crippen molar-refractivity contribution in [1.29, 1.82) is 0 Å². The van der Waals surface area contributed by atoms with Gasteiger partial charge in [0.1, 0.15) is 11.5 Å². The number of rotatable bonds is 9. The van der Waals surface area contributed by atoms with Crippen molar-refractivity contribution in [2.45, 2.75) is 44.3 Å². The Morgan fingerprint density at radius 2 is 1.97 bits per heavy atom. The highest BCUT2D eigenvalue weighted by molar-refractivity contribution is 5.69. The Hall–Kier alpha value is -3.98. The molecule has 196 valence electrons. The summed E-state index contributed by atoms with van der Waals surface area (Å²) in [7, 11) is 1.45. The molecule has 9 heteroatoms. The largest absolute Gasteiger partial charge is 0.469 e. The van der Waals surface area contributed by atoms with Crippen molar-refractivity contribution >= 4 is 23.4 Å². The lowest BCUT2D eigenvalue weighted by Gasteiger charge is -2.35. The van der Waals surface area contributed by atoms with E-state index in [0.717, 1.165) is 61.1 Å². The van der Waals surface area contributed by atoms with Crippen LogP contribution in [0.4, 0.5) is 11.8 Å². The molecule has 1 aromatic carbocycles. The van der Waals surface area contributed by atoms with Gasteiger partial charge >= 0.3 is 5.97 Å². The minimum Gasteiger partial charge on any atom is -0.469 e. The first-order valence-corrected chi connectivity index (χ1v) is 13.3. The van der Waals surface area contributed by atoms with Crippen molar-refractivity contribution in [3.05, 3.63) is 72.7 Å². The summed E-state index contributed by atoms with van der Waals surface area (Å²) in [4.78, 5) is 30.7. The predicted octanol–water partition coefficient (Wildman–Crippen LogP) is 4.18. The van der Waals surface area contributed by atoms with Crippen LogP contribution in [0, 0.1) is 0 Å². The van der Waals surface area contributed by atoms with Crippen LogP contribution in [0.5, 0.6) is 0 Å². The molecule has 5 heterocycles. The number of methoxy groups -OCH3 is 1. The molecule has 9 nitrogen and oxygen atoms in total. The van der Waals surface area contributed by atoms with Gasteiger partial charge in [-0.2, -0.15) is 0 Å². The monoisotopic (exact) mass is 511 g/mol. The number of fused-ring (bicyclic) bond motifs is 3. The number of hydrogen-bond donors (Lipinski definition) is 1. The molecule has 2 aliphatic rings. The number of benzene rings is 1. The molecule has 38 heavy (non-hydrogen) atoms. The molecule has 6 rings (SSSR count). The Morgan fingerprint density at radius 3 is 2.76 bits per heavy atom. The number of ether oxygens (including phenoxy) is 1. The van der Waals surface area contributed by atoms with Crippen molar-refractivity contribution in [2.75, 3.05) is 37.0 Å². The van der Waals surface area contributed by atoms with Crippen LogP contribution in [0.15, 0.2) is 67.1 Å².